The third kappa shape index (κ3) is 3.20. The number of nitrogens with zero attached hydrogens (tertiary/aromatic N) is 2. The molecule has 0 saturated heterocycles. The number of hydrogen-bond acceptors (Lipinski definition) is 4. The fourth-order valence-electron chi connectivity index (χ4n) is 2.40. The molecule has 1 aliphatic rings. The highest BCUT2D eigenvalue weighted by atomic mass is 32.2. The quantitative estimate of drug-likeness (QED) is 0.658. The molecule has 5 nitrogen and oxygen atoms in total. The molecule has 1 heterocycles. The van der Waals surface area contributed by atoms with Crippen molar-refractivity contribution in [3.8, 4) is 17.2 Å². The number of halogens is 1. The molecule has 2 aromatic carbocycles. The summed E-state index contributed by atoms with van der Waals surface area (Å²) in [6, 6.07) is 12.3. The Labute approximate surface area is 143 Å². The second kappa shape index (κ2) is 7.34. The molecule has 0 aromatic heterocycles. The molecule has 0 unspecified atom stereocenters. The van der Waals surface area contributed by atoms with Crippen LogP contribution in [0.1, 0.15) is 5.56 Å². The SMILES string of the molecule is COCCN=C1NSc2cccc(-c3cccc(F)c3C#N)c2N1. The lowest BCUT2D eigenvalue weighted by molar-refractivity contribution is 0.208. The van der Waals surface area contributed by atoms with Crippen molar-refractivity contribution in [3.63, 3.8) is 0 Å². The van der Waals surface area contributed by atoms with Gasteiger partial charge in [-0.05, 0) is 24.1 Å². The molecular formula is C17H15FN4OS. The molecule has 0 radical (unpaired) electrons. The van der Waals surface area contributed by atoms with E-state index in [4.69, 9.17) is 4.74 Å². The fraction of sp³-hybridized carbons (Fsp3) is 0.176. The number of para-hydroxylation sites is 1. The third-order valence-corrected chi connectivity index (χ3v) is 4.36. The van der Waals surface area contributed by atoms with E-state index in [0.29, 0.717) is 24.7 Å². The highest BCUT2D eigenvalue weighted by Gasteiger charge is 2.20. The van der Waals surface area contributed by atoms with Gasteiger partial charge in [0.2, 0.25) is 5.96 Å². The molecule has 0 atom stereocenters. The first kappa shape index (κ1) is 16.3. The van der Waals surface area contributed by atoms with Crippen molar-refractivity contribution in [3.05, 3.63) is 47.8 Å². The lowest BCUT2D eigenvalue weighted by atomic mass is 9.98. The number of methoxy groups -OCH3 is 1. The van der Waals surface area contributed by atoms with Gasteiger partial charge in [0, 0.05) is 18.2 Å². The van der Waals surface area contributed by atoms with Gasteiger partial charge in [0.1, 0.15) is 11.9 Å². The van der Waals surface area contributed by atoms with Crippen LogP contribution in [-0.4, -0.2) is 26.2 Å². The summed E-state index contributed by atoms with van der Waals surface area (Å²) in [5, 5.41) is 12.5. The van der Waals surface area contributed by atoms with E-state index in [1.165, 1.54) is 18.0 Å². The molecule has 0 aliphatic carbocycles. The molecule has 3 rings (SSSR count). The number of aliphatic imine (C=N–C) groups is 1. The van der Waals surface area contributed by atoms with Crippen molar-refractivity contribution in [1.29, 1.82) is 5.26 Å². The summed E-state index contributed by atoms with van der Waals surface area (Å²) < 4.78 is 22.1. The molecular weight excluding hydrogens is 327 g/mol. The Morgan fingerprint density at radius 3 is 2.83 bits per heavy atom. The topological polar surface area (TPSA) is 69.4 Å². The van der Waals surface area contributed by atoms with Crippen LogP contribution in [-0.2, 0) is 4.74 Å². The van der Waals surface area contributed by atoms with E-state index in [1.807, 2.05) is 24.3 Å². The number of hydrogen-bond donors (Lipinski definition) is 2. The number of guanidine groups is 1. The summed E-state index contributed by atoms with van der Waals surface area (Å²) in [7, 11) is 1.62. The van der Waals surface area contributed by atoms with Crippen LogP contribution in [0.25, 0.3) is 11.1 Å². The standard InChI is InChI=1S/C17H15FN4OS/c1-23-9-8-20-17-21-16-12(5-3-7-15(16)24-22-17)11-4-2-6-14(18)13(11)10-19/h2-7H,8-9H2,1H3,(H2,20,21,22). The van der Waals surface area contributed by atoms with Crippen LogP contribution in [0.2, 0.25) is 0 Å². The molecule has 0 saturated carbocycles. The zero-order chi connectivity index (χ0) is 16.9. The van der Waals surface area contributed by atoms with Crippen molar-refractivity contribution >= 4 is 23.6 Å². The minimum Gasteiger partial charge on any atom is -0.383 e. The first-order valence-corrected chi connectivity index (χ1v) is 8.11. The van der Waals surface area contributed by atoms with E-state index in [2.05, 4.69) is 15.0 Å². The van der Waals surface area contributed by atoms with Crippen LogP contribution in [0.15, 0.2) is 46.3 Å². The first-order chi connectivity index (χ1) is 11.7. The van der Waals surface area contributed by atoms with Crippen LogP contribution in [0.4, 0.5) is 10.1 Å². The Balaban J connectivity index is 2.03. The lowest BCUT2D eigenvalue weighted by Crippen LogP contribution is -2.30. The number of benzene rings is 2. The zero-order valence-electron chi connectivity index (χ0n) is 13.0. The van der Waals surface area contributed by atoms with Gasteiger partial charge >= 0.3 is 0 Å². The average molecular weight is 342 g/mol. The normalized spacial score (nSPS) is 14.5. The minimum atomic E-state index is -0.525. The second-order valence-electron chi connectivity index (χ2n) is 5.01. The maximum Gasteiger partial charge on any atom is 0.206 e. The van der Waals surface area contributed by atoms with Crippen molar-refractivity contribution in [1.82, 2.24) is 4.72 Å². The molecule has 24 heavy (non-hydrogen) atoms. The predicted octanol–water partition coefficient (Wildman–Crippen LogP) is 3.39. The lowest BCUT2D eigenvalue weighted by Gasteiger charge is -2.23. The van der Waals surface area contributed by atoms with Crippen LogP contribution in [0.3, 0.4) is 0 Å². The molecule has 2 N–H and O–H groups in total. The third-order valence-electron chi connectivity index (χ3n) is 3.51. The van der Waals surface area contributed by atoms with E-state index in [-0.39, 0.29) is 5.56 Å². The molecule has 0 fully saturated rings. The Morgan fingerprint density at radius 2 is 2.04 bits per heavy atom. The van der Waals surface area contributed by atoms with E-state index >= 15 is 0 Å². The summed E-state index contributed by atoms with van der Waals surface area (Å²) in [5.41, 5.74) is 2.16. The van der Waals surface area contributed by atoms with Crippen molar-refractivity contribution in [2.45, 2.75) is 4.90 Å². The highest BCUT2D eigenvalue weighted by Crippen LogP contribution is 2.39. The van der Waals surface area contributed by atoms with Gasteiger partial charge in [-0.1, -0.05) is 24.3 Å². The summed E-state index contributed by atoms with van der Waals surface area (Å²) in [5.74, 6) is 0.0788. The van der Waals surface area contributed by atoms with Gasteiger partial charge in [-0.3, -0.25) is 4.72 Å². The van der Waals surface area contributed by atoms with Gasteiger partial charge in [0.05, 0.1) is 29.3 Å². The van der Waals surface area contributed by atoms with Gasteiger partial charge in [-0.2, -0.15) is 5.26 Å². The molecule has 122 valence electrons. The van der Waals surface area contributed by atoms with Gasteiger partial charge in [-0.25, -0.2) is 9.38 Å². The molecule has 2 aromatic rings. The summed E-state index contributed by atoms with van der Waals surface area (Å²) in [4.78, 5) is 5.33. The van der Waals surface area contributed by atoms with Gasteiger partial charge in [0.25, 0.3) is 0 Å². The molecule has 0 amide bonds. The predicted molar refractivity (Wildman–Crippen MR) is 93.3 cm³/mol. The number of anilines is 1. The van der Waals surface area contributed by atoms with E-state index < -0.39 is 5.82 Å². The van der Waals surface area contributed by atoms with Crippen molar-refractivity contribution < 1.29 is 9.13 Å². The average Bonchev–Trinajstić information content (AvgIpc) is 2.61. The highest BCUT2D eigenvalue weighted by molar-refractivity contribution is 7.98. The maximum absolute atomic E-state index is 14.0. The monoisotopic (exact) mass is 342 g/mol. The fourth-order valence-corrected chi connectivity index (χ4v) is 3.13. The summed E-state index contributed by atoms with van der Waals surface area (Å²) in [6.45, 7) is 1.04. The Kier molecular flexibility index (Phi) is 4.99. The summed E-state index contributed by atoms with van der Waals surface area (Å²) >= 11 is 1.42. The van der Waals surface area contributed by atoms with Crippen molar-refractivity contribution in [2.24, 2.45) is 4.99 Å². The number of fused-ring (bicyclic) bond motifs is 1. The van der Waals surface area contributed by atoms with Gasteiger partial charge in [0.15, 0.2) is 0 Å². The zero-order valence-corrected chi connectivity index (χ0v) is 13.8. The van der Waals surface area contributed by atoms with Crippen LogP contribution in [0.5, 0.6) is 0 Å². The van der Waals surface area contributed by atoms with Crippen LogP contribution < -0.4 is 10.0 Å². The van der Waals surface area contributed by atoms with E-state index in [0.717, 1.165) is 16.1 Å². The minimum absolute atomic E-state index is 0.0362. The van der Waals surface area contributed by atoms with Crippen LogP contribution in [0, 0.1) is 17.1 Å². The van der Waals surface area contributed by atoms with E-state index in [1.54, 1.807) is 19.2 Å². The van der Waals surface area contributed by atoms with E-state index in [9.17, 15) is 9.65 Å². The van der Waals surface area contributed by atoms with Crippen LogP contribution >= 0.6 is 11.9 Å². The Bertz CT molecular complexity index is 832. The number of ether oxygens (including phenoxy) is 1. The van der Waals surface area contributed by atoms with Crippen molar-refractivity contribution in [2.75, 3.05) is 25.6 Å². The van der Waals surface area contributed by atoms with Gasteiger partial charge in [-0.15, -0.1) is 0 Å². The molecule has 0 bridgehead atoms. The maximum atomic E-state index is 14.0. The largest absolute Gasteiger partial charge is 0.383 e. The Morgan fingerprint density at radius 1 is 1.25 bits per heavy atom. The first-order valence-electron chi connectivity index (χ1n) is 7.30. The number of rotatable bonds is 4. The second-order valence-corrected chi connectivity index (χ2v) is 5.85. The number of nitrogens with one attached hydrogen (secondary N) is 2. The molecule has 0 spiro atoms. The number of nitriles is 1. The Hall–Kier alpha value is -2.56. The molecule has 1 aliphatic heterocycles. The summed E-state index contributed by atoms with van der Waals surface area (Å²) in [6.07, 6.45) is 0. The van der Waals surface area contributed by atoms with Gasteiger partial charge < -0.3 is 10.1 Å². The smallest absolute Gasteiger partial charge is 0.206 e. The molecule has 7 heteroatoms.